The van der Waals surface area contributed by atoms with Crippen molar-refractivity contribution in [3.63, 3.8) is 0 Å². The van der Waals surface area contributed by atoms with Crippen molar-refractivity contribution in [3.05, 3.63) is 69.5 Å². The molecule has 2 atom stereocenters. The number of carbonyl (C=O) groups excluding carboxylic acids is 1. The Labute approximate surface area is 193 Å². The minimum atomic E-state index is -0.932. The number of halogens is 2. The number of aliphatic hydroxyl groups excluding tert-OH is 1. The molecule has 0 spiro atoms. The van der Waals surface area contributed by atoms with Gasteiger partial charge in [0.1, 0.15) is 5.82 Å². The third-order valence-electron chi connectivity index (χ3n) is 5.12. The van der Waals surface area contributed by atoms with Crippen molar-refractivity contribution in [1.29, 1.82) is 0 Å². The van der Waals surface area contributed by atoms with E-state index in [0.29, 0.717) is 11.1 Å². The number of carboxylic acids is 1. The number of rotatable bonds is 9. The van der Waals surface area contributed by atoms with Crippen LogP contribution < -0.4 is 24.2 Å². The van der Waals surface area contributed by atoms with Gasteiger partial charge in [-0.2, -0.15) is 0 Å². The molecule has 0 amide bonds. The van der Waals surface area contributed by atoms with Crippen LogP contribution in [0.3, 0.4) is 0 Å². The maximum Gasteiger partial charge on any atom is 1.00 e. The molecular formula is C22H24ClFLiNO4. The average molecular weight is 428 g/mol. The van der Waals surface area contributed by atoms with E-state index in [1.807, 2.05) is 0 Å². The van der Waals surface area contributed by atoms with Gasteiger partial charge < -0.3 is 17.0 Å². The molecule has 0 radical (unpaired) electrons. The van der Waals surface area contributed by atoms with Gasteiger partial charge in [-0.1, -0.05) is 41.9 Å². The molecule has 30 heavy (non-hydrogen) atoms. The molecule has 0 saturated heterocycles. The van der Waals surface area contributed by atoms with Crippen LogP contribution in [0.5, 0.6) is 0 Å². The molecule has 0 aliphatic heterocycles. The fraction of sp³-hybridized carbons (Fsp3) is 0.364. The molecule has 156 valence electrons. The number of benzene rings is 2. The van der Waals surface area contributed by atoms with Gasteiger partial charge in [-0.05, 0) is 37.3 Å². The number of carboxylic acid groups (broad SMARTS) is 1. The largest absolute Gasteiger partial charge is 1.00 e. The van der Waals surface area contributed by atoms with Gasteiger partial charge in [-0.3, -0.25) is 9.59 Å². The van der Waals surface area contributed by atoms with E-state index in [2.05, 4.69) is 5.32 Å². The van der Waals surface area contributed by atoms with Crippen LogP contribution >= 0.6 is 11.6 Å². The topological polar surface area (TPSA) is 86.6 Å². The zero-order chi connectivity index (χ0) is 21.1. The molecule has 1 aliphatic carbocycles. The molecule has 0 aromatic heterocycles. The number of nitrogens with one attached hydrogen (secondary N) is 1. The summed E-state index contributed by atoms with van der Waals surface area (Å²) < 4.78 is 15.5. The van der Waals surface area contributed by atoms with E-state index < -0.39 is 17.6 Å². The summed E-state index contributed by atoms with van der Waals surface area (Å²) in [5.74, 6) is -1.96. The van der Waals surface area contributed by atoms with Crippen LogP contribution in [-0.4, -0.2) is 28.0 Å². The second-order valence-electron chi connectivity index (χ2n) is 7.49. The molecule has 8 heteroatoms. The second-order valence-corrected chi connectivity index (χ2v) is 7.90. The van der Waals surface area contributed by atoms with E-state index in [0.717, 1.165) is 12.8 Å². The summed E-state index contributed by atoms with van der Waals surface area (Å²) >= 11 is 6.18. The zero-order valence-electron chi connectivity index (χ0n) is 18.0. The van der Waals surface area contributed by atoms with Crippen LogP contribution in [0, 0.1) is 11.7 Å². The zero-order valence-corrected chi connectivity index (χ0v) is 17.7. The van der Waals surface area contributed by atoms with Crippen LogP contribution in [-0.2, 0) is 11.4 Å². The Hall–Kier alpha value is -1.68. The van der Waals surface area contributed by atoms with Crippen molar-refractivity contribution < 1.29 is 44.5 Å². The minimum Gasteiger partial charge on any atom is -1.00 e. The normalized spacial score (nSPS) is 15.2. The quantitative estimate of drug-likeness (QED) is 0.414. The average Bonchev–Trinajstić information content (AvgIpc) is 3.51. The van der Waals surface area contributed by atoms with Crippen molar-refractivity contribution in [1.82, 2.24) is 5.32 Å². The van der Waals surface area contributed by atoms with Gasteiger partial charge in [0.15, 0.2) is 5.78 Å². The second kappa shape index (κ2) is 10.6. The predicted octanol–water partition coefficient (Wildman–Crippen LogP) is 1.22. The molecule has 2 unspecified atom stereocenters. The number of carbonyl (C=O) groups is 2. The molecular weight excluding hydrogens is 404 g/mol. The molecule has 3 rings (SSSR count). The molecule has 3 N–H and O–H groups in total. The standard InChI is InChI=1S/C22H23ClFNO4.Li.H/c1-12(10-18(27)28)25-21(14-6-7-14)16-8-9-17(23)19(20(16)24)22(29)15-4-2-13(11-26)3-5-15;;/h2-5,8-9,12,14,21,25-26H,6-7,10-11H2,1H3,(H,27,28);;/q;+1;-1. The third kappa shape index (κ3) is 5.72. The summed E-state index contributed by atoms with van der Waals surface area (Å²) in [7, 11) is 0. The van der Waals surface area contributed by atoms with Gasteiger partial charge in [-0.15, -0.1) is 0 Å². The van der Waals surface area contributed by atoms with E-state index in [9.17, 15) is 9.59 Å². The van der Waals surface area contributed by atoms with Crippen molar-refractivity contribution in [2.24, 2.45) is 5.92 Å². The van der Waals surface area contributed by atoms with Gasteiger partial charge in [0.05, 0.1) is 23.6 Å². The van der Waals surface area contributed by atoms with Gasteiger partial charge in [0.25, 0.3) is 0 Å². The summed E-state index contributed by atoms with van der Waals surface area (Å²) in [6.07, 6.45) is 1.73. The first-order valence-electron chi connectivity index (χ1n) is 9.52. The Morgan fingerprint density at radius 2 is 1.87 bits per heavy atom. The monoisotopic (exact) mass is 427 g/mol. The number of aliphatic hydroxyl groups is 1. The number of hydrogen-bond donors (Lipinski definition) is 3. The first kappa shape index (κ1) is 24.6. The van der Waals surface area contributed by atoms with Crippen molar-refractivity contribution in [2.45, 2.75) is 44.9 Å². The van der Waals surface area contributed by atoms with Gasteiger partial charge in [0.2, 0.25) is 0 Å². The maximum atomic E-state index is 15.5. The summed E-state index contributed by atoms with van der Waals surface area (Å²) in [6, 6.07) is 8.60. The Kier molecular flexibility index (Phi) is 8.66. The van der Waals surface area contributed by atoms with Crippen LogP contribution in [0.2, 0.25) is 5.02 Å². The van der Waals surface area contributed by atoms with Gasteiger partial charge in [0, 0.05) is 23.2 Å². The van der Waals surface area contributed by atoms with Crippen LogP contribution in [0.4, 0.5) is 4.39 Å². The first-order chi connectivity index (χ1) is 13.8. The van der Waals surface area contributed by atoms with Gasteiger partial charge >= 0.3 is 24.8 Å². The Morgan fingerprint density at radius 3 is 2.40 bits per heavy atom. The SMILES string of the molecule is CC(CC(=O)O)NC(c1ccc(Cl)c(C(=O)c2ccc(CO)cc2)c1F)C1CC1.[H-].[Li+]. The van der Waals surface area contributed by atoms with Crippen molar-refractivity contribution >= 4 is 23.4 Å². The Bertz CT molecular complexity index is 924. The first-order valence-corrected chi connectivity index (χ1v) is 9.89. The molecule has 2 aromatic rings. The Morgan fingerprint density at radius 1 is 1.23 bits per heavy atom. The van der Waals surface area contributed by atoms with Crippen LogP contribution in [0.1, 0.15) is 60.7 Å². The van der Waals surface area contributed by atoms with E-state index in [4.69, 9.17) is 21.8 Å². The Balaban J connectivity index is 0.00000240. The van der Waals surface area contributed by atoms with Crippen molar-refractivity contribution in [2.75, 3.05) is 0 Å². The third-order valence-corrected chi connectivity index (χ3v) is 5.44. The van der Waals surface area contributed by atoms with Crippen molar-refractivity contribution in [3.8, 4) is 0 Å². The van der Waals surface area contributed by atoms with E-state index in [-0.39, 0.29) is 67.5 Å². The smallest absolute Gasteiger partial charge is 1.00 e. The van der Waals surface area contributed by atoms with Crippen LogP contribution in [0.25, 0.3) is 0 Å². The number of ketones is 1. The number of aliphatic carboxylic acids is 1. The van der Waals surface area contributed by atoms with Gasteiger partial charge in [-0.25, -0.2) is 4.39 Å². The maximum absolute atomic E-state index is 15.5. The van der Waals surface area contributed by atoms with Crippen LogP contribution in [0.15, 0.2) is 36.4 Å². The summed E-state index contributed by atoms with van der Waals surface area (Å²) in [6.45, 7) is 1.59. The molecule has 5 nitrogen and oxygen atoms in total. The van der Waals surface area contributed by atoms with E-state index in [1.54, 1.807) is 25.1 Å². The molecule has 1 fully saturated rings. The molecule has 1 aliphatic rings. The predicted molar refractivity (Wildman–Crippen MR) is 109 cm³/mol. The van der Waals surface area contributed by atoms with E-state index in [1.165, 1.54) is 18.2 Å². The molecule has 2 aromatic carbocycles. The van der Waals surface area contributed by atoms with E-state index >= 15 is 4.39 Å². The molecule has 1 saturated carbocycles. The summed E-state index contributed by atoms with van der Waals surface area (Å²) in [4.78, 5) is 23.9. The molecule has 0 heterocycles. The summed E-state index contributed by atoms with van der Waals surface area (Å²) in [5.41, 5.74) is 1.05. The summed E-state index contributed by atoms with van der Waals surface area (Å²) in [5, 5.41) is 21.4. The molecule has 0 bridgehead atoms. The fourth-order valence-corrected chi connectivity index (χ4v) is 3.69. The number of hydrogen-bond acceptors (Lipinski definition) is 4. The fourth-order valence-electron chi connectivity index (χ4n) is 3.46. The minimum absolute atomic E-state index is 0.